The number of fused-ring (bicyclic) bond motifs is 3. The van der Waals surface area contributed by atoms with Gasteiger partial charge in [-0.05, 0) is 43.0 Å². The highest BCUT2D eigenvalue weighted by Gasteiger charge is 2.38. The Morgan fingerprint density at radius 2 is 1.66 bits per heavy atom. The van der Waals surface area contributed by atoms with Gasteiger partial charge in [0.25, 0.3) is 0 Å². The van der Waals surface area contributed by atoms with Gasteiger partial charge in [-0.15, -0.1) is 0 Å². The minimum absolute atomic E-state index is 0.0887. The Morgan fingerprint density at radius 1 is 0.897 bits per heavy atom. The average Bonchev–Trinajstić information content (AvgIpc) is 2.77. The number of pyridine rings is 1. The van der Waals surface area contributed by atoms with Crippen LogP contribution in [0.3, 0.4) is 0 Å². The van der Waals surface area contributed by atoms with Crippen LogP contribution >= 0.6 is 0 Å². The normalized spacial score (nSPS) is 22.8. The van der Waals surface area contributed by atoms with Crippen LogP contribution in [0.1, 0.15) is 41.9 Å². The number of hydrogen-bond acceptors (Lipinski definition) is 7. The summed E-state index contributed by atoms with van der Waals surface area (Å²) in [7, 11) is 6.41. The summed E-state index contributed by atoms with van der Waals surface area (Å²) in [4.78, 5) is 9.52. The fourth-order valence-electron chi connectivity index (χ4n) is 4.35. The van der Waals surface area contributed by atoms with Gasteiger partial charge in [-0.1, -0.05) is 0 Å². The quantitative estimate of drug-likeness (QED) is 0.834. The lowest BCUT2D eigenvalue weighted by atomic mass is 9.74. The maximum atomic E-state index is 10.3. The van der Waals surface area contributed by atoms with Gasteiger partial charge >= 0.3 is 0 Å². The second-order valence-electron chi connectivity index (χ2n) is 7.32. The van der Waals surface area contributed by atoms with Gasteiger partial charge in [0.2, 0.25) is 11.8 Å². The summed E-state index contributed by atoms with van der Waals surface area (Å²) < 4.78 is 21.9. The molecule has 1 aliphatic carbocycles. The summed E-state index contributed by atoms with van der Waals surface area (Å²) in [5.74, 6) is 2.38. The standard InChI is InChI=1S/C22H26N2O5/c1-26-18-10-14-15-9-12(25)5-7-17(15)23-21(16(14)11-19(18)27-2)13-6-8-20(28-3)24-22(13)29-4/h6,8,10-12,15,17,25H,5,7,9H2,1-4H3/t12-,15-,17-/m0/s1. The number of aliphatic hydroxyl groups excluding tert-OH is 1. The number of aliphatic imine (C=N–C) groups is 1. The predicted octanol–water partition coefficient (Wildman–Crippen LogP) is 2.96. The van der Waals surface area contributed by atoms with Crippen molar-refractivity contribution < 1.29 is 24.1 Å². The van der Waals surface area contributed by atoms with E-state index in [-0.39, 0.29) is 18.1 Å². The molecule has 0 bridgehead atoms. The van der Waals surface area contributed by atoms with Crippen LogP contribution in [0, 0.1) is 0 Å². The second kappa shape index (κ2) is 7.91. The van der Waals surface area contributed by atoms with Crippen molar-refractivity contribution in [2.75, 3.05) is 28.4 Å². The van der Waals surface area contributed by atoms with Crippen molar-refractivity contribution in [3.8, 4) is 23.3 Å². The molecule has 1 fully saturated rings. The van der Waals surface area contributed by atoms with Crippen molar-refractivity contribution in [1.82, 2.24) is 4.98 Å². The highest BCUT2D eigenvalue weighted by Crippen LogP contribution is 2.45. The van der Waals surface area contributed by atoms with E-state index in [1.807, 2.05) is 18.2 Å². The molecule has 154 valence electrons. The highest BCUT2D eigenvalue weighted by atomic mass is 16.5. The van der Waals surface area contributed by atoms with Crippen LogP contribution in [0.2, 0.25) is 0 Å². The average molecular weight is 398 g/mol. The molecule has 0 amide bonds. The largest absolute Gasteiger partial charge is 0.493 e. The van der Waals surface area contributed by atoms with E-state index in [9.17, 15) is 5.11 Å². The Morgan fingerprint density at radius 3 is 2.34 bits per heavy atom. The van der Waals surface area contributed by atoms with Crippen molar-refractivity contribution >= 4 is 5.71 Å². The molecule has 0 saturated heterocycles. The Kier molecular flexibility index (Phi) is 5.32. The topological polar surface area (TPSA) is 82.4 Å². The molecule has 2 heterocycles. The molecule has 1 N–H and O–H groups in total. The predicted molar refractivity (Wildman–Crippen MR) is 109 cm³/mol. The first kappa shape index (κ1) is 19.5. The van der Waals surface area contributed by atoms with E-state index in [1.54, 1.807) is 34.5 Å². The molecule has 1 aliphatic heterocycles. The zero-order valence-corrected chi connectivity index (χ0v) is 17.1. The van der Waals surface area contributed by atoms with Crippen molar-refractivity contribution in [1.29, 1.82) is 0 Å². The van der Waals surface area contributed by atoms with Gasteiger partial charge in [0.05, 0.1) is 51.9 Å². The molecular weight excluding hydrogens is 372 g/mol. The summed E-state index contributed by atoms with van der Waals surface area (Å²) >= 11 is 0. The first-order valence-electron chi connectivity index (χ1n) is 9.71. The van der Waals surface area contributed by atoms with Gasteiger partial charge in [0.1, 0.15) is 0 Å². The molecule has 2 aliphatic rings. The maximum Gasteiger partial charge on any atom is 0.226 e. The number of nitrogens with zero attached hydrogens (tertiary/aromatic N) is 2. The summed E-state index contributed by atoms with van der Waals surface area (Å²) in [6.07, 6.45) is 1.95. The van der Waals surface area contributed by atoms with Crippen molar-refractivity contribution in [3.05, 3.63) is 41.0 Å². The number of rotatable bonds is 5. The zero-order valence-electron chi connectivity index (χ0n) is 17.1. The number of aromatic nitrogens is 1. The summed E-state index contributed by atoms with van der Waals surface area (Å²) in [6, 6.07) is 7.78. The van der Waals surface area contributed by atoms with E-state index in [1.165, 1.54) is 0 Å². The minimum atomic E-state index is -0.314. The van der Waals surface area contributed by atoms with Crippen LogP contribution in [-0.4, -0.2) is 56.4 Å². The molecule has 1 aromatic carbocycles. The number of ether oxygens (including phenoxy) is 4. The van der Waals surface area contributed by atoms with Crippen LogP contribution in [0.5, 0.6) is 23.3 Å². The summed E-state index contributed by atoms with van der Waals surface area (Å²) in [6.45, 7) is 0. The third-order valence-electron chi connectivity index (χ3n) is 5.78. The summed E-state index contributed by atoms with van der Waals surface area (Å²) in [5, 5.41) is 10.3. The molecular formula is C22H26N2O5. The van der Waals surface area contributed by atoms with Gasteiger partial charge < -0.3 is 24.1 Å². The first-order chi connectivity index (χ1) is 14.1. The van der Waals surface area contributed by atoms with E-state index in [0.717, 1.165) is 35.2 Å². The number of benzene rings is 1. The molecule has 29 heavy (non-hydrogen) atoms. The molecule has 4 rings (SSSR count). The fourth-order valence-corrected chi connectivity index (χ4v) is 4.35. The van der Waals surface area contributed by atoms with E-state index in [4.69, 9.17) is 23.9 Å². The van der Waals surface area contributed by atoms with Crippen molar-refractivity contribution in [2.24, 2.45) is 4.99 Å². The van der Waals surface area contributed by atoms with E-state index in [0.29, 0.717) is 29.7 Å². The lowest BCUT2D eigenvalue weighted by Gasteiger charge is -2.37. The Balaban J connectivity index is 1.92. The molecule has 7 nitrogen and oxygen atoms in total. The van der Waals surface area contributed by atoms with Gasteiger partial charge in [-0.25, -0.2) is 0 Å². The third-order valence-corrected chi connectivity index (χ3v) is 5.78. The lowest BCUT2D eigenvalue weighted by molar-refractivity contribution is 0.111. The molecule has 0 unspecified atom stereocenters. The van der Waals surface area contributed by atoms with Crippen LogP contribution in [0.4, 0.5) is 0 Å². The monoisotopic (exact) mass is 398 g/mol. The number of methoxy groups -OCH3 is 4. The van der Waals surface area contributed by atoms with E-state index in [2.05, 4.69) is 4.98 Å². The molecule has 3 atom stereocenters. The maximum absolute atomic E-state index is 10.3. The van der Waals surface area contributed by atoms with Crippen LogP contribution < -0.4 is 18.9 Å². The molecule has 1 aromatic heterocycles. The SMILES string of the molecule is COc1ccc(C2=N[C@H]3CC[C@H](O)C[C@H]3c3cc(OC)c(OC)cc32)c(OC)n1. The fraction of sp³-hybridized carbons (Fsp3) is 0.455. The zero-order chi connectivity index (χ0) is 20.5. The van der Waals surface area contributed by atoms with E-state index >= 15 is 0 Å². The molecule has 0 radical (unpaired) electrons. The summed E-state index contributed by atoms with van der Waals surface area (Å²) in [5.41, 5.74) is 3.66. The van der Waals surface area contributed by atoms with Gasteiger partial charge in [-0.3, -0.25) is 4.99 Å². The van der Waals surface area contributed by atoms with Crippen LogP contribution in [-0.2, 0) is 0 Å². The number of aliphatic hydroxyl groups is 1. The first-order valence-corrected chi connectivity index (χ1v) is 9.71. The Hall–Kier alpha value is -2.80. The molecule has 7 heteroatoms. The Bertz CT molecular complexity index is 943. The highest BCUT2D eigenvalue weighted by molar-refractivity contribution is 6.16. The molecule has 1 saturated carbocycles. The van der Waals surface area contributed by atoms with Crippen molar-refractivity contribution in [2.45, 2.75) is 37.3 Å². The molecule has 0 spiro atoms. The van der Waals surface area contributed by atoms with Crippen LogP contribution in [0.25, 0.3) is 0 Å². The van der Waals surface area contributed by atoms with Crippen LogP contribution in [0.15, 0.2) is 29.3 Å². The smallest absolute Gasteiger partial charge is 0.226 e. The third kappa shape index (κ3) is 3.40. The van der Waals surface area contributed by atoms with Gasteiger partial charge in [0.15, 0.2) is 11.5 Å². The second-order valence-corrected chi connectivity index (χ2v) is 7.32. The minimum Gasteiger partial charge on any atom is -0.493 e. The van der Waals surface area contributed by atoms with Gasteiger partial charge in [0, 0.05) is 17.5 Å². The van der Waals surface area contributed by atoms with Gasteiger partial charge in [-0.2, -0.15) is 4.98 Å². The number of hydrogen-bond donors (Lipinski definition) is 1. The van der Waals surface area contributed by atoms with Crippen molar-refractivity contribution in [3.63, 3.8) is 0 Å². The molecule has 2 aromatic rings. The van der Waals surface area contributed by atoms with E-state index < -0.39 is 0 Å². The lowest BCUT2D eigenvalue weighted by Crippen LogP contribution is -2.34. The Labute approximate surface area is 170 Å².